The molecule has 2 rings (SSSR count). The Morgan fingerprint density at radius 1 is 1.40 bits per heavy atom. The van der Waals surface area contributed by atoms with E-state index in [9.17, 15) is 9.90 Å². The third-order valence-electron chi connectivity index (χ3n) is 3.96. The predicted molar refractivity (Wildman–Crippen MR) is 82.9 cm³/mol. The number of aliphatic hydroxyl groups excluding tert-OH is 1. The number of aromatic nitrogens is 1. The number of amides is 1. The van der Waals surface area contributed by atoms with Gasteiger partial charge in [-0.15, -0.1) is 0 Å². The molecule has 1 saturated heterocycles. The number of piperidine rings is 1. The Morgan fingerprint density at radius 2 is 2.10 bits per heavy atom. The van der Waals surface area contributed by atoms with Crippen LogP contribution < -0.4 is 0 Å². The molecule has 112 valence electrons. The lowest BCUT2D eigenvalue weighted by molar-refractivity contribution is 0.0272. The first-order valence-corrected chi connectivity index (χ1v) is 8.07. The number of carbonyl (C=O) groups is 1. The van der Waals surface area contributed by atoms with Gasteiger partial charge < -0.3 is 14.6 Å². The Bertz CT molecular complexity index is 482. The van der Waals surface area contributed by atoms with Gasteiger partial charge in [-0.2, -0.15) is 0 Å². The van der Waals surface area contributed by atoms with Crippen LogP contribution in [0.3, 0.4) is 0 Å². The van der Waals surface area contributed by atoms with Crippen molar-refractivity contribution in [3.63, 3.8) is 0 Å². The van der Waals surface area contributed by atoms with Crippen LogP contribution in [0, 0.1) is 0 Å². The summed E-state index contributed by atoms with van der Waals surface area (Å²) in [5, 5.41) is 9.92. The second-order valence-electron chi connectivity index (χ2n) is 5.85. The SMILES string of the molecule is CC(O)C1CCCCN1C(=O)c1cc(Br)cn1C(C)C. The molecule has 1 aromatic rings. The molecule has 1 aliphatic rings. The number of hydrogen-bond donors (Lipinski definition) is 1. The van der Waals surface area contributed by atoms with Crippen molar-refractivity contribution in [1.82, 2.24) is 9.47 Å². The highest BCUT2D eigenvalue weighted by Gasteiger charge is 2.32. The molecule has 2 unspecified atom stereocenters. The average molecular weight is 343 g/mol. The Hall–Kier alpha value is -0.810. The van der Waals surface area contributed by atoms with Gasteiger partial charge in [0.1, 0.15) is 5.69 Å². The van der Waals surface area contributed by atoms with E-state index in [2.05, 4.69) is 29.8 Å². The molecule has 1 fully saturated rings. The highest BCUT2D eigenvalue weighted by Crippen LogP contribution is 2.25. The molecule has 5 heteroatoms. The summed E-state index contributed by atoms with van der Waals surface area (Å²) < 4.78 is 2.90. The summed E-state index contributed by atoms with van der Waals surface area (Å²) in [6, 6.07) is 2.04. The van der Waals surface area contributed by atoms with Gasteiger partial charge in [0.2, 0.25) is 0 Å². The minimum Gasteiger partial charge on any atom is -0.391 e. The predicted octanol–water partition coefficient (Wildman–Crippen LogP) is 3.21. The summed E-state index contributed by atoms with van der Waals surface area (Å²) in [5.41, 5.74) is 0.694. The van der Waals surface area contributed by atoms with Gasteiger partial charge in [-0.3, -0.25) is 4.79 Å². The highest BCUT2D eigenvalue weighted by molar-refractivity contribution is 9.10. The summed E-state index contributed by atoms with van der Waals surface area (Å²) >= 11 is 3.45. The number of hydrogen-bond acceptors (Lipinski definition) is 2. The van der Waals surface area contributed by atoms with Crippen LogP contribution in [0.1, 0.15) is 56.6 Å². The molecule has 0 aromatic carbocycles. The third-order valence-corrected chi connectivity index (χ3v) is 4.39. The van der Waals surface area contributed by atoms with Gasteiger partial charge in [-0.25, -0.2) is 0 Å². The van der Waals surface area contributed by atoms with E-state index in [1.165, 1.54) is 0 Å². The van der Waals surface area contributed by atoms with E-state index in [1.54, 1.807) is 6.92 Å². The van der Waals surface area contributed by atoms with E-state index < -0.39 is 6.10 Å². The minimum absolute atomic E-state index is 0.0231. The number of aliphatic hydroxyl groups is 1. The van der Waals surface area contributed by atoms with Gasteiger partial charge in [0.25, 0.3) is 5.91 Å². The van der Waals surface area contributed by atoms with Crippen molar-refractivity contribution in [3.8, 4) is 0 Å². The van der Waals surface area contributed by atoms with E-state index >= 15 is 0 Å². The van der Waals surface area contributed by atoms with Crippen molar-refractivity contribution >= 4 is 21.8 Å². The molecule has 0 spiro atoms. The zero-order valence-electron chi connectivity index (χ0n) is 12.3. The lowest BCUT2D eigenvalue weighted by Gasteiger charge is -2.37. The molecule has 2 atom stereocenters. The van der Waals surface area contributed by atoms with Gasteiger partial charge >= 0.3 is 0 Å². The molecule has 1 N–H and O–H groups in total. The van der Waals surface area contributed by atoms with E-state index in [0.717, 1.165) is 30.3 Å². The van der Waals surface area contributed by atoms with Crippen LogP contribution >= 0.6 is 15.9 Å². The zero-order valence-corrected chi connectivity index (χ0v) is 13.9. The standard InChI is InChI=1S/C15H23BrN2O2/c1-10(2)18-9-12(16)8-14(18)15(20)17-7-5-4-6-13(17)11(3)19/h8-11,13,19H,4-7H2,1-3H3. The smallest absolute Gasteiger partial charge is 0.270 e. The number of halogens is 1. The van der Waals surface area contributed by atoms with Gasteiger partial charge in [0.05, 0.1) is 12.1 Å². The second kappa shape index (κ2) is 6.31. The zero-order chi connectivity index (χ0) is 14.9. The van der Waals surface area contributed by atoms with Gasteiger partial charge in [0, 0.05) is 23.3 Å². The summed E-state index contributed by atoms with van der Waals surface area (Å²) in [4.78, 5) is 14.7. The molecule has 2 heterocycles. The fraction of sp³-hybridized carbons (Fsp3) is 0.667. The van der Waals surface area contributed by atoms with Crippen molar-refractivity contribution in [2.24, 2.45) is 0 Å². The first kappa shape index (κ1) is 15.6. The van der Waals surface area contributed by atoms with Crippen LogP contribution in [0.15, 0.2) is 16.7 Å². The number of carbonyl (C=O) groups excluding carboxylic acids is 1. The summed E-state index contributed by atoms with van der Waals surface area (Å²) in [5.74, 6) is 0.0231. The maximum Gasteiger partial charge on any atom is 0.270 e. The first-order chi connectivity index (χ1) is 9.41. The molecular formula is C15H23BrN2O2. The molecule has 1 amide bonds. The molecule has 4 nitrogen and oxygen atoms in total. The Kier molecular flexibility index (Phi) is 4.91. The van der Waals surface area contributed by atoms with Crippen molar-refractivity contribution in [2.75, 3.05) is 6.54 Å². The highest BCUT2D eigenvalue weighted by atomic mass is 79.9. The molecule has 20 heavy (non-hydrogen) atoms. The van der Waals surface area contributed by atoms with E-state index in [4.69, 9.17) is 0 Å². The Morgan fingerprint density at radius 3 is 2.70 bits per heavy atom. The molecule has 0 radical (unpaired) electrons. The normalized spacial score (nSPS) is 21.3. The summed E-state index contributed by atoms with van der Waals surface area (Å²) in [6.07, 6.45) is 4.43. The largest absolute Gasteiger partial charge is 0.391 e. The Balaban J connectivity index is 2.30. The number of nitrogens with zero attached hydrogens (tertiary/aromatic N) is 2. The molecule has 0 aliphatic carbocycles. The van der Waals surface area contributed by atoms with Crippen LogP contribution in [0.25, 0.3) is 0 Å². The summed E-state index contributed by atoms with van der Waals surface area (Å²) in [6.45, 7) is 6.63. The lowest BCUT2D eigenvalue weighted by atomic mass is 9.97. The average Bonchev–Trinajstić information content (AvgIpc) is 2.80. The second-order valence-corrected chi connectivity index (χ2v) is 6.76. The quantitative estimate of drug-likeness (QED) is 0.916. The van der Waals surface area contributed by atoms with E-state index in [1.807, 2.05) is 21.7 Å². The van der Waals surface area contributed by atoms with Crippen molar-refractivity contribution in [3.05, 3.63) is 22.4 Å². The van der Waals surface area contributed by atoms with Crippen LogP contribution in [-0.2, 0) is 0 Å². The fourth-order valence-electron chi connectivity index (χ4n) is 2.90. The van der Waals surface area contributed by atoms with E-state index in [0.29, 0.717) is 5.69 Å². The molecule has 0 saturated carbocycles. The van der Waals surface area contributed by atoms with Crippen LogP contribution in [0.5, 0.6) is 0 Å². The molecule has 1 aromatic heterocycles. The first-order valence-electron chi connectivity index (χ1n) is 7.28. The van der Waals surface area contributed by atoms with Crippen LogP contribution in [0.4, 0.5) is 0 Å². The van der Waals surface area contributed by atoms with Gasteiger partial charge in [0.15, 0.2) is 0 Å². The number of rotatable bonds is 3. The number of likely N-dealkylation sites (tertiary alicyclic amines) is 1. The van der Waals surface area contributed by atoms with Crippen LogP contribution in [-0.4, -0.2) is 39.2 Å². The molecule has 0 bridgehead atoms. The van der Waals surface area contributed by atoms with Crippen molar-refractivity contribution in [1.29, 1.82) is 0 Å². The topological polar surface area (TPSA) is 45.5 Å². The maximum absolute atomic E-state index is 12.8. The molecular weight excluding hydrogens is 320 g/mol. The van der Waals surface area contributed by atoms with Crippen LogP contribution in [0.2, 0.25) is 0 Å². The monoisotopic (exact) mass is 342 g/mol. The Labute approximate surface area is 128 Å². The van der Waals surface area contributed by atoms with Crippen molar-refractivity contribution in [2.45, 2.75) is 58.2 Å². The fourth-order valence-corrected chi connectivity index (χ4v) is 3.34. The third kappa shape index (κ3) is 3.09. The maximum atomic E-state index is 12.8. The minimum atomic E-state index is -0.481. The summed E-state index contributed by atoms with van der Waals surface area (Å²) in [7, 11) is 0. The van der Waals surface area contributed by atoms with E-state index in [-0.39, 0.29) is 18.0 Å². The van der Waals surface area contributed by atoms with Gasteiger partial charge in [-0.1, -0.05) is 0 Å². The lowest BCUT2D eigenvalue weighted by Crippen LogP contribution is -2.49. The van der Waals surface area contributed by atoms with Crippen molar-refractivity contribution < 1.29 is 9.90 Å². The molecule has 1 aliphatic heterocycles. The van der Waals surface area contributed by atoms with Gasteiger partial charge in [-0.05, 0) is 62.0 Å².